The largest absolute Gasteiger partial charge is 0.345 e. The van der Waals surface area contributed by atoms with Gasteiger partial charge in [-0.15, -0.1) is 0 Å². The van der Waals surface area contributed by atoms with E-state index in [1.165, 1.54) is 19.4 Å². The predicted octanol–water partition coefficient (Wildman–Crippen LogP) is 2.51. The Labute approximate surface area is 145 Å². The highest BCUT2D eigenvalue weighted by Crippen LogP contribution is 2.49. The first-order valence-corrected chi connectivity index (χ1v) is 9.51. The summed E-state index contributed by atoms with van der Waals surface area (Å²) < 4.78 is 2.17. The predicted molar refractivity (Wildman–Crippen MR) is 93.8 cm³/mol. The molecule has 4 rings (SSSR count). The number of carbonyl (C=O) groups is 1. The van der Waals surface area contributed by atoms with Crippen LogP contribution in [0.25, 0.3) is 0 Å². The van der Waals surface area contributed by atoms with E-state index in [0.717, 1.165) is 44.1 Å². The molecule has 1 aromatic rings. The van der Waals surface area contributed by atoms with Crippen LogP contribution in [0.15, 0.2) is 12.5 Å². The highest BCUT2D eigenvalue weighted by molar-refractivity contribution is 5.85. The molecule has 1 aliphatic carbocycles. The van der Waals surface area contributed by atoms with E-state index in [-0.39, 0.29) is 11.3 Å². The minimum absolute atomic E-state index is 0.242. The third kappa shape index (κ3) is 2.67. The maximum Gasteiger partial charge on any atom is 0.230 e. The molecule has 2 saturated heterocycles. The smallest absolute Gasteiger partial charge is 0.230 e. The van der Waals surface area contributed by atoms with Crippen molar-refractivity contribution in [2.24, 2.45) is 11.3 Å². The van der Waals surface area contributed by atoms with Crippen molar-refractivity contribution in [1.29, 1.82) is 0 Å². The maximum absolute atomic E-state index is 13.2. The van der Waals surface area contributed by atoms with Gasteiger partial charge in [-0.25, -0.2) is 4.98 Å². The molecule has 3 heterocycles. The SMILES string of the molecule is CC(C)n1cnc(C2CN(CC3CC3)CC23CCCN(C)C3=O)c1. The Morgan fingerprint density at radius 3 is 2.83 bits per heavy atom. The average Bonchev–Trinajstić information content (AvgIpc) is 3.09. The van der Waals surface area contributed by atoms with E-state index in [0.29, 0.717) is 11.9 Å². The van der Waals surface area contributed by atoms with E-state index in [2.05, 4.69) is 29.5 Å². The Morgan fingerprint density at radius 1 is 1.38 bits per heavy atom. The lowest BCUT2D eigenvalue weighted by molar-refractivity contribution is -0.145. The topological polar surface area (TPSA) is 41.4 Å². The first kappa shape index (κ1) is 16.1. The fourth-order valence-electron chi connectivity index (χ4n) is 4.69. The summed E-state index contributed by atoms with van der Waals surface area (Å²) in [5.41, 5.74) is 0.864. The second kappa shape index (κ2) is 5.87. The van der Waals surface area contributed by atoms with Gasteiger partial charge in [0.15, 0.2) is 0 Å². The third-order valence-corrected chi connectivity index (χ3v) is 6.29. The van der Waals surface area contributed by atoms with Gasteiger partial charge in [0.05, 0.1) is 17.4 Å². The van der Waals surface area contributed by atoms with Crippen LogP contribution >= 0.6 is 0 Å². The second-order valence-electron chi connectivity index (χ2n) is 8.52. The normalized spacial score (nSPS) is 31.6. The van der Waals surface area contributed by atoms with Crippen molar-refractivity contribution in [3.8, 4) is 0 Å². The van der Waals surface area contributed by atoms with Gasteiger partial charge in [0.25, 0.3) is 0 Å². The number of hydrogen-bond donors (Lipinski definition) is 0. The van der Waals surface area contributed by atoms with Crippen molar-refractivity contribution in [3.63, 3.8) is 0 Å². The molecule has 3 aliphatic rings. The summed E-state index contributed by atoms with van der Waals surface area (Å²) in [5.74, 6) is 1.45. The summed E-state index contributed by atoms with van der Waals surface area (Å²) in [4.78, 5) is 22.4. The van der Waals surface area contributed by atoms with Crippen molar-refractivity contribution in [2.75, 3.05) is 33.2 Å². The van der Waals surface area contributed by atoms with E-state index in [1.54, 1.807) is 0 Å². The number of carbonyl (C=O) groups excluding carboxylic acids is 1. The van der Waals surface area contributed by atoms with Gasteiger partial charge in [-0.2, -0.15) is 0 Å². The molecule has 5 nitrogen and oxygen atoms in total. The molecule has 24 heavy (non-hydrogen) atoms. The zero-order valence-corrected chi connectivity index (χ0v) is 15.2. The monoisotopic (exact) mass is 330 g/mol. The van der Waals surface area contributed by atoms with Crippen molar-refractivity contribution >= 4 is 5.91 Å². The van der Waals surface area contributed by atoms with E-state index in [4.69, 9.17) is 4.98 Å². The second-order valence-corrected chi connectivity index (χ2v) is 8.52. The lowest BCUT2D eigenvalue weighted by Gasteiger charge is -2.40. The molecule has 2 aliphatic heterocycles. The quantitative estimate of drug-likeness (QED) is 0.852. The van der Waals surface area contributed by atoms with E-state index in [9.17, 15) is 4.79 Å². The van der Waals surface area contributed by atoms with Crippen LogP contribution in [-0.2, 0) is 4.79 Å². The maximum atomic E-state index is 13.2. The van der Waals surface area contributed by atoms with Gasteiger partial charge in [-0.05, 0) is 45.4 Å². The molecule has 1 spiro atoms. The number of imidazole rings is 1. The van der Waals surface area contributed by atoms with Gasteiger partial charge in [-0.1, -0.05) is 0 Å². The molecular formula is C19H30N4O. The van der Waals surface area contributed by atoms with E-state index < -0.39 is 0 Å². The summed E-state index contributed by atoms with van der Waals surface area (Å²) >= 11 is 0. The minimum atomic E-state index is -0.252. The molecule has 1 amide bonds. The van der Waals surface area contributed by atoms with Gasteiger partial charge < -0.3 is 14.4 Å². The highest BCUT2D eigenvalue weighted by atomic mass is 16.2. The number of amides is 1. The zero-order chi connectivity index (χ0) is 16.9. The summed E-state index contributed by atoms with van der Waals surface area (Å²) in [5, 5.41) is 0. The third-order valence-electron chi connectivity index (χ3n) is 6.29. The molecule has 1 saturated carbocycles. The van der Waals surface area contributed by atoms with Crippen LogP contribution in [-0.4, -0.2) is 58.5 Å². The van der Waals surface area contributed by atoms with Crippen molar-refractivity contribution < 1.29 is 4.79 Å². The Morgan fingerprint density at radius 2 is 2.17 bits per heavy atom. The molecule has 2 unspecified atom stereocenters. The lowest BCUT2D eigenvalue weighted by atomic mass is 9.70. The van der Waals surface area contributed by atoms with Crippen LogP contribution in [0, 0.1) is 11.3 Å². The first-order chi connectivity index (χ1) is 11.5. The molecule has 2 atom stereocenters. The highest BCUT2D eigenvalue weighted by Gasteiger charge is 2.55. The number of rotatable bonds is 4. The molecule has 0 N–H and O–H groups in total. The van der Waals surface area contributed by atoms with Gasteiger partial charge >= 0.3 is 0 Å². The fraction of sp³-hybridized carbons (Fsp3) is 0.789. The van der Waals surface area contributed by atoms with Crippen LogP contribution in [0.3, 0.4) is 0 Å². The molecule has 0 bridgehead atoms. The van der Waals surface area contributed by atoms with Crippen LogP contribution in [0.4, 0.5) is 0 Å². The average molecular weight is 330 g/mol. The molecule has 0 aromatic carbocycles. The van der Waals surface area contributed by atoms with Crippen molar-refractivity contribution in [3.05, 3.63) is 18.2 Å². The molecule has 0 radical (unpaired) electrons. The number of aromatic nitrogens is 2. The van der Waals surface area contributed by atoms with Crippen LogP contribution < -0.4 is 0 Å². The number of piperidine rings is 1. The molecule has 1 aromatic heterocycles. The number of likely N-dealkylation sites (tertiary alicyclic amines) is 2. The summed E-state index contributed by atoms with van der Waals surface area (Å²) in [6.07, 6.45) is 8.97. The molecule has 5 heteroatoms. The first-order valence-electron chi connectivity index (χ1n) is 9.51. The van der Waals surface area contributed by atoms with Crippen molar-refractivity contribution in [1.82, 2.24) is 19.4 Å². The standard InChI is InChI=1S/C19H30N4O/c1-14(2)23-11-17(20-13-23)16-10-22(9-15-5-6-15)12-19(16)7-4-8-21(3)18(19)24/h11,13-16H,4-10,12H2,1-3H3. The fourth-order valence-corrected chi connectivity index (χ4v) is 4.69. The van der Waals surface area contributed by atoms with Gasteiger partial charge in [0.1, 0.15) is 0 Å². The zero-order valence-electron chi connectivity index (χ0n) is 15.2. The van der Waals surface area contributed by atoms with E-state index >= 15 is 0 Å². The van der Waals surface area contributed by atoms with Crippen LogP contribution in [0.2, 0.25) is 0 Å². The minimum Gasteiger partial charge on any atom is -0.345 e. The van der Waals surface area contributed by atoms with Gasteiger partial charge in [0, 0.05) is 51.4 Å². The molecular weight excluding hydrogens is 300 g/mol. The lowest BCUT2D eigenvalue weighted by Crippen LogP contribution is -2.50. The van der Waals surface area contributed by atoms with Crippen LogP contribution in [0.1, 0.15) is 57.2 Å². The summed E-state index contributed by atoms with van der Waals surface area (Å²) in [6, 6.07) is 0.413. The Hall–Kier alpha value is -1.36. The Bertz CT molecular complexity index is 621. The number of nitrogens with zero attached hydrogens (tertiary/aromatic N) is 4. The summed E-state index contributed by atoms with van der Waals surface area (Å²) in [7, 11) is 1.97. The Balaban J connectivity index is 1.65. The molecule has 132 valence electrons. The van der Waals surface area contributed by atoms with Crippen molar-refractivity contribution in [2.45, 2.75) is 51.5 Å². The summed E-state index contributed by atoms with van der Waals surface area (Å²) in [6.45, 7) is 8.33. The van der Waals surface area contributed by atoms with Crippen LogP contribution in [0.5, 0.6) is 0 Å². The Kier molecular flexibility index (Phi) is 3.94. The van der Waals surface area contributed by atoms with Gasteiger partial charge in [-0.3, -0.25) is 4.79 Å². The molecule has 3 fully saturated rings. The van der Waals surface area contributed by atoms with Gasteiger partial charge in [0.2, 0.25) is 5.91 Å². The van der Waals surface area contributed by atoms with E-state index in [1.807, 2.05) is 18.3 Å². The number of hydrogen-bond acceptors (Lipinski definition) is 3.